The Bertz CT molecular complexity index is 1370. The Balaban J connectivity index is 1.37. The lowest BCUT2D eigenvalue weighted by molar-refractivity contribution is -0.142. The number of benzene rings is 3. The Morgan fingerprint density at radius 2 is 1.32 bits per heavy atom. The standard InChI is InChI=1S/C28H22Cl2N2O5/c1-36-15-11-12-20(21(13-15)37-2)31-22(33)14-32-25(34)23-24(26(32)35)28(30)17-8-4-3-7-16(17)27(23,29)18-9-5-6-10-19(18)28/h3-13,23-24H,14H2,1-2H3,(H,31,33)/t23-,24-,27?,28?/m0/s1. The smallest absolute Gasteiger partial charge is 0.244 e. The van der Waals surface area contributed by atoms with E-state index in [0.717, 1.165) is 4.90 Å². The number of methoxy groups -OCH3 is 2. The molecule has 3 aliphatic carbocycles. The van der Waals surface area contributed by atoms with Crippen molar-refractivity contribution in [3.8, 4) is 11.5 Å². The van der Waals surface area contributed by atoms with Gasteiger partial charge in [-0.15, -0.1) is 23.2 Å². The topological polar surface area (TPSA) is 84.9 Å². The minimum Gasteiger partial charge on any atom is -0.497 e. The molecule has 1 N–H and O–H groups in total. The molecule has 1 heterocycles. The quantitative estimate of drug-likeness (QED) is 0.389. The number of anilines is 1. The van der Waals surface area contributed by atoms with Gasteiger partial charge < -0.3 is 14.8 Å². The van der Waals surface area contributed by atoms with Crippen LogP contribution in [0.5, 0.6) is 11.5 Å². The number of alkyl halides is 2. The highest BCUT2D eigenvalue weighted by Crippen LogP contribution is 2.69. The van der Waals surface area contributed by atoms with Crippen LogP contribution in [0.1, 0.15) is 22.3 Å². The van der Waals surface area contributed by atoms with Crippen LogP contribution in [0, 0.1) is 11.8 Å². The third-order valence-electron chi connectivity index (χ3n) is 7.66. The zero-order valence-electron chi connectivity index (χ0n) is 20.0. The minimum atomic E-state index is -1.29. The van der Waals surface area contributed by atoms with E-state index in [1.165, 1.54) is 14.2 Å². The van der Waals surface area contributed by atoms with E-state index in [-0.39, 0.29) is 0 Å². The summed E-state index contributed by atoms with van der Waals surface area (Å²) in [5.74, 6) is -2.56. The molecule has 3 amide bonds. The third kappa shape index (κ3) is 3.04. The first-order valence-electron chi connectivity index (χ1n) is 11.7. The third-order valence-corrected chi connectivity index (χ3v) is 8.95. The number of carbonyl (C=O) groups is 3. The summed E-state index contributed by atoms with van der Waals surface area (Å²) in [4.78, 5) is 39.1. The van der Waals surface area contributed by atoms with E-state index in [9.17, 15) is 14.4 Å². The zero-order valence-corrected chi connectivity index (χ0v) is 21.5. The molecule has 1 saturated heterocycles. The van der Waals surface area contributed by atoms with Crippen molar-refractivity contribution in [2.45, 2.75) is 9.75 Å². The van der Waals surface area contributed by atoms with Crippen molar-refractivity contribution in [2.75, 3.05) is 26.1 Å². The summed E-state index contributed by atoms with van der Waals surface area (Å²) in [6.45, 7) is -0.480. The average molecular weight is 537 g/mol. The van der Waals surface area contributed by atoms with Crippen molar-refractivity contribution in [3.05, 3.63) is 89.0 Å². The number of likely N-dealkylation sites (tertiary alicyclic amines) is 1. The van der Waals surface area contributed by atoms with Gasteiger partial charge in [0.1, 0.15) is 27.8 Å². The second kappa shape index (κ2) is 8.23. The molecule has 7 nitrogen and oxygen atoms in total. The van der Waals surface area contributed by atoms with Gasteiger partial charge in [0, 0.05) is 6.07 Å². The summed E-state index contributed by atoms with van der Waals surface area (Å²) in [6.07, 6.45) is 0. The van der Waals surface area contributed by atoms with Gasteiger partial charge in [-0.25, -0.2) is 0 Å². The molecule has 0 aromatic heterocycles. The monoisotopic (exact) mass is 536 g/mol. The summed E-state index contributed by atoms with van der Waals surface area (Å²) in [5.41, 5.74) is 3.22. The molecule has 0 unspecified atom stereocenters. The molecule has 1 fully saturated rings. The fraction of sp³-hybridized carbons (Fsp3) is 0.250. The highest BCUT2D eigenvalue weighted by atomic mass is 35.5. The molecule has 9 heteroatoms. The molecular formula is C28H22Cl2N2O5. The first-order chi connectivity index (χ1) is 17.8. The number of rotatable bonds is 5. The van der Waals surface area contributed by atoms with Gasteiger partial charge in [-0.05, 0) is 34.4 Å². The number of nitrogens with one attached hydrogen (secondary N) is 1. The molecule has 2 bridgehead atoms. The number of ether oxygens (including phenoxy) is 2. The van der Waals surface area contributed by atoms with Crippen LogP contribution in [0.25, 0.3) is 0 Å². The highest BCUT2D eigenvalue weighted by molar-refractivity contribution is 6.36. The Kier molecular flexibility index (Phi) is 5.30. The Labute approximate surface area is 223 Å². The molecule has 188 valence electrons. The molecule has 0 saturated carbocycles. The number of hydrogen-bond donors (Lipinski definition) is 1. The van der Waals surface area contributed by atoms with Crippen molar-refractivity contribution in [2.24, 2.45) is 11.8 Å². The largest absolute Gasteiger partial charge is 0.497 e. The van der Waals surface area contributed by atoms with Crippen LogP contribution >= 0.6 is 23.2 Å². The molecule has 3 aromatic carbocycles. The van der Waals surface area contributed by atoms with Crippen LogP contribution < -0.4 is 14.8 Å². The zero-order chi connectivity index (χ0) is 26.1. The predicted octanol–water partition coefficient (Wildman–Crippen LogP) is 4.24. The van der Waals surface area contributed by atoms with Gasteiger partial charge in [0.15, 0.2) is 0 Å². The summed E-state index contributed by atoms with van der Waals surface area (Å²) < 4.78 is 10.5. The van der Waals surface area contributed by atoms with Gasteiger partial charge >= 0.3 is 0 Å². The molecule has 2 atom stereocenters. The van der Waals surface area contributed by atoms with E-state index in [0.29, 0.717) is 39.4 Å². The molecule has 4 aliphatic rings. The molecule has 0 radical (unpaired) electrons. The van der Waals surface area contributed by atoms with E-state index < -0.39 is 45.9 Å². The van der Waals surface area contributed by atoms with Crippen molar-refractivity contribution >= 4 is 46.6 Å². The van der Waals surface area contributed by atoms with E-state index >= 15 is 0 Å². The highest BCUT2D eigenvalue weighted by Gasteiger charge is 2.73. The second-order valence-corrected chi connectivity index (χ2v) is 10.5. The van der Waals surface area contributed by atoms with Gasteiger partial charge in [0.25, 0.3) is 0 Å². The van der Waals surface area contributed by atoms with E-state index in [2.05, 4.69) is 5.32 Å². The lowest BCUT2D eigenvalue weighted by Gasteiger charge is -2.54. The first kappa shape index (κ1) is 23.8. The van der Waals surface area contributed by atoms with Gasteiger partial charge in [0.2, 0.25) is 17.7 Å². The van der Waals surface area contributed by atoms with Crippen LogP contribution in [-0.2, 0) is 24.1 Å². The number of hydrogen-bond acceptors (Lipinski definition) is 5. The fourth-order valence-electron chi connectivity index (χ4n) is 6.12. The van der Waals surface area contributed by atoms with Crippen molar-refractivity contribution in [1.29, 1.82) is 0 Å². The fourth-order valence-corrected chi connectivity index (χ4v) is 7.21. The number of halogens is 2. The van der Waals surface area contributed by atoms with Crippen LogP contribution in [0.15, 0.2) is 66.7 Å². The molecular weight excluding hydrogens is 515 g/mol. The predicted molar refractivity (Wildman–Crippen MR) is 138 cm³/mol. The SMILES string of the molecule is COc1ccc(NC(=O)CN2C(=O)[C@@H]3[C@@H](C2=O)C2(Cl)c4ccccc4C3(Cl)c3ccccc32)c(OC)c1. The summed E-state index contributed by atoms with van der Waals surface area (Å²) in [7, 11) is 2.99. The maximum atomic E-state index is 13.8. The van der Waals surface area contributed by atoms with Crippen molar-refractivity contribution in [3.63, 3.8) is 0 Å². The number of amides is 3. The number of nitrogens with zero attached hydrogens (tertiary/aromatic N) is 1. The molecule has 1 aliphatic heterocycles. The van der Waals surface area contributed by atoms with Crippen LogP contribution in [0.4, 0.5) is 5.69 Å². The second-order valence-electron chi connectivity index (χ2n) is 9.35. The van der Waals surface area contributed by atoms with Gasteiger partial charge in [0.05, 0.1) is 31.7 Å². The van der Waals surface area contributed by atoms with E-state index in [1.807, 2.05) is 48.5 Å². The summed E-state index contributed by atoms with van der Waals surface area (Å²) in [6, 6.07) is 19.7. The normalized spacial score (nSPS) is 26.9. The minimum absolute atomic E-state index is 0.379. The van der Waals surface area contributed by atoms with Crippen molar-refractivity contribution < 1.29 is 23.9 Å². The number of imide groups is 1. The molecule has 7 rings (SSSR count). The summed E-state index contributed by atoms with van der Waals surface area (Å²) >= 11 is 14.8. The maximum absolute atomic E-state index is 13.8. The van der Waals surface area contributed by atoms with Crippen molar-refractivity contribution in [1.82, 2.24) is 4.90 Å². The summed E-state index contributed by atoms with van der Waals surface area (Å²) in [5, 5.41) is 2.72. The van der Waals surface area contributed by atoms with Crippen LogP contribution in [0.3, 0.4) is 0 Å². The van der Waals surface area contributed by atoms with Gasteiger partial charge in [-0.1, -0.05) is 48.5 Å². The molecule has 3 aromatic rings. The molecule has 37 heavy (non-hydrogen) atoms. The van der Waals surface area contributed by atoms with Gasteiger partial charge in [-0.3, -0.25) is 19.3 Å². The Morgan fingerprint density at radius 1 is 0.838 bits per heavy atom. The van der Waals surface area contributed by atoms with Gasteiger partial charge in [-0.2, -0.15) is 0 Å². The van der Waals surface area contributed by atoms with E-state index in [1.54, 1.807) is 18.2 Å². The van der Waals surface area contributed by atoms with E-state index in [4.69, 9.17) is 32.7 Å². The maximum Gasteiger partial charge on any atom is 0.244 e. The number of carbonyl (C=O) groups excluding carboxylic acids is 3. The lowest BCUT2D eigenvalue weighted by atomic mass is 9.54. The first-order valence-corrected chi connectivity index (χ1v) is 12.5. The molecule has 0 spiro atoms. The average Bonchev–Trinajstić information content (AvgIpc) is 3.17. The van der Waals surface area contributed by atoms with Crippen LogP contribution in [-0.4, -0.2) is 43.4 Å². The Hall–Kier alpha value is -3.55. The Morgan fingerprint density at radius 3 is 1.76 bits per heavy atom. The van der Waals surface area contributed by atoms with Crippen LogP contribution in [0.2, 0.25) is 0 Å². The lowest BCUT2D eigenvalue weighted by Crippen LogP contribution is -2.57.